The van der Waals surface area contributed by atoms with Gasteiger partial charge < -0.3 is 5.73 Å². The zero-order valence-corrected chi connectivity index (χ0v) is 12.9. The molecular formula is C13H21N3S2. The summed E-state index contributed by atoms with van der Waals surface area (Å²) in [5.41, 5.74) is 9.07. The molecule has 0 saturated carbocycles. The highest BCUT2D eigenvalue weighted by Gasteiger charge is 2.27. The monoisotopic (exact) mass is 283 g/mol. The molecule has 0 aromatic carbocycles. The zero-order valence-electron chi connectivity index (χ0n) is 11.3. The van der Waals surface area contributed by atoms with E-state index in [4.69, 9.17) is 15.7 Å². The van der Waals surface area contributed by atoms with Crippen LogP contribution in [0.1, 0.15) is 34.9 Å². The predicted octanol–water partition coefficient (Wildman–Crippen LogP) is 2.50. The van der Waals surface area contributed by atoms with E-state index in [0.29, 0.717) is 17.0 Å². The summed E-state index contributed by atoms with van der Waals surface area (Å²) in [4.78, 5) is 9.45. The number of nitrogens with two attached hydrogens (primary N) is 1. The molecule has 3 nitrogen and oxygen atoms in total. The van der Waals surface area contributed by atoms with Crippen molar-refractivity contribution in [2.45, 2.75) is 37.7 Å². The van der Waals surface area contributed by atoms with Gasteiger partial charge in [-0.3, -0.25) is 0 Å². The van der Waals surface area contributed by atoms with Crippen molar-refractivity contribution >= 4 is 23.5 Å². The minimum absolute atomic E-state index is 0.438. The van der Waals surface area contributed by atoms with Crippen LogP contribution >= 0.6 is 23.5 Å². The predicted molar refractivity (Wildman–Crippen MR) is 81.4 cm³/mol. The maximum Gasteiger partial charge on any atom is 0.142 e. The summed E-state index contributed by atoms with van der Waals surface area (Å²) in [5.74, 6) is 3.45. The fourth-order valence-corrected chi connectivity index (χ4v) is 5.00. The number of aryl methyl sites for hydroxylation is 2. The quantitative estimate of drug-likeness (QED) is 0.923. The van der Waals surface area contributed by atoms with Gasteiger partial charge in [0.15, 0.2) is 0 Å². The Kier molecular flexibility index (Phi) is 4.92. The van der Waals surface area contributed by atoms with Crippen LogP contribution in [0.4, 0.5) is 0 Å². The van der Waals surface area contributed by atoms with E-state index in [1.807, 2.05) is 23.5 Å². The molecule has 18 heavy (non-hydrogen) atoms. The van der Waals surface area contributed by atoms with Crippen molar-refractivity contribution in [2.75, 3.05) is 18.1 Å². The normalized spacial score (nSPS) is 24.2. The van der Waals surface area contributed by atoms with Crippen molar-refractivity contribution in [3.63, 3.8) is 0 Å². The Morgan fingerprint density at radius 2 is 1.78 bits per heavy atom. The van der Waals surface area contributed by atoms with Gasteiger partial charge in [0.2, 0.25) is 0 Å². The molecule has 2 rings (SSSR count). The van der Waals surface area contributed by atoms with Gasteiger partial charge in [-0.25, -0.2) is 9.97 Å². The summed E-state index contributed by atoms with van der Waals surface area (Å²) >= 11 is 4.02. The molecule has 1 aromatic heterocycles. The van der Waals surface area contributed by atoms with Gasteiger partial charge in [0.1, 0.15) is 5.82 Å². The summed E-state index contributed by atoms with van der Waals surface area (Å²) in [6.45, 7) is 7.10. The van der Waals surface area contributed by atoms with Gasteiger partial charge in [-0.15, -0.1) is 11.8 Å². The molecule has 0 spiro atoms. The molecule has 0 aliphatic carbocycles. The van der Waals surface area contributed by atoms with E-state index >= 15 is 0 Å². The van der Waals surface area contributed by atoms with Crippen molar-refractivity contribution in [1.29, 1.82) is 0 Å². The van der Waals surface area contributed by atoms with E-state index in [-0.39, 0.29) is 0 Å². The van der Waals surface area contributed by atoms with Gasteiger partial charge in [0, 0.05) is 28.1 Å². The Morgan fingerprint density at radius 1 is 1.17 bits per heavy atom. The third-order valence-electron chi connectivity index (χ3n) is 3.27. The van der Waals surface area contributed by atoms with Gasteiger partial charge >= 0.3 is 0 Å². The second kappa shape index (κ2) is 6.26. The average molecular weight is 283 g/mol. The van der Waals surface area contributed by atoms with Crippen LogP contribution in [-0.2, 0) is 6.42 Å². The number of thioether (sulfide) groups is 2. The Balaban J connectivity index is 2.29. The second-order valence-electron chi connectivity index (χ2n) is 4.64. The SMILES string of the molecule is Cc1nc(C2SCCSC2C)nc(C)c1CCN. The lowest BCUT2D eigenvalue weighted by atomic mass is 10.1. The maximum atomic E-state index is 5.64. The van der Waals surface area contributed by atoms with Gasteiger partial charge in [0.05, 0.1) is 5.25 Å². The molecule has 0 bridgehead atoms. The fourth-order valence-electron chi connectivity index (χ4n) is 2.32. The number of nitrogens with zero attached hydrogens (tertiary/aromatic N) is 2. The first-order valence-electron chi connectivity index (χ1n) is 6.40. The topological polar surface area (TPSA) is 51.8 Å². The van der Waals surface area contributed by atoms with Crippen molar-refractivity contribution in [3.05, 3.63) is 22.8 Å². The second-order valence-corrected chi connectivity index (χ2v) is 7.37. The number of rotatable bonds is 3. The van der Waals surface area contributed by atoms with Crippen LogP contribution in [0.2, 0.25) is 0 Å². The molecule has 1 fully saturated rings. The van der Waals surface area contributed by atoms with E-state index in [1.165, 1.54) is 17.1 Å². The van der Waals surface area contributed by atoms with Crippen molar-refractivity contribution < 1.29 is 0 Å². The highest BCUT2D eigenvalue weighted by atomic mass is 32.2. The summed E-state index contributed by atoms with van der Waals surface area (Å²) in [6, 6.07) is 0. The Morgan fingerprint density at radius 3 is 2.33 bits per heavy atom. The summed E-state index contributed by atoms with van der Waals surface area (Å²) in [7, 11) is 0. The first-order valence-corrected chi connectivity index (χ1v) is 8.50. The lowest BCUT2D eigenvalue weighted by Crippen LogP contribution is -2.20. The Labute approximate surface area is 118 Å². The molecule has 2 unspecified atom stereocenters. The molecule has 2 heterocycles. The standard InChI is InChI=1S/C13H21N3S2/c1-8-11(4-5-14)9(2)16-13(15-8)12-10(3)17-6-7-18-12/h10,12H,4-7,14H2,1-3H3. The highest BCUT2D eigenvalue weighted by molar-refractivity contribution is 8.06. The average Bonchev–Trinajstić information content (AvgIpc) is 2.34. The van der Waals surface area contributed by atoms with Crippen LogP contribution in [0, 0.1) is 13.8 Å². The number of aromatic nitrogens is 2. The van der Waals surface area contributed by atoms with Crippen LogP contribution in [0.3, 0.4) is 0 Å². The number of hydrogen-bond donors (Lipinski definition) is 1. The molecule has 1 aliphatic heterocycles. The molecule has 100 valence electrons. The molecule has 1 aliphatic rings. The van der Waals surface area contributed by atoms with E-state index in [9.17, 15) is 0 Å². The first-order chi connectivity index (χ1) is 8.63. The molecule has 2 atom stereocenters. The maximum absolute atomic E-state index is 5.64. The Bertz CT molecular complexity index is 400. The first kappa shape index (κ1) is 14.2. The molecule has 0 radical (unpaired) electrons. The van der Waals surface area contributed by atoms with Crippen molar-refractivity contribution in [2.24, 2.45) is 5.73 Å². The zero-order chi connectivity index (χ0) is 13.1. The molecule has 1 aromatic rings. The van der Waals surface area contributed by atoms with Crippen LogP contribution in [0.15, 0.2) is 0 Å². The van der Waals surface area contributed by atoms with Crippen molar-refractivity contribution in [3.8, 4) is 0 Å². The fraction of sp³-hybridized carbons (Fsp3) is 0.692. The smallest absolute Gasteiger partial charge is 0.142 e. The molecule has 5 heteroatoms. The van der Waals surface area contributed by atoms with Crippen LogP contribution in [0.25, 0.3) is 0 Å². The minimum atomic E-state index is 0.438. The number of hydrogen-bond acceptors (Lipinski definition) is 5. The van der Waals surface area contributed by atoms with E-state index in [0.717, 1.165) is 23.6 Å². The minimum Gasteiger partial charge on any atom is -0.330 e. The lowest BCUT2D eigenvalue weighted by Gasteiger charge is -2.27. The lowest BCUT2D eigenvalue weighted by molar-refractivity contribution is 0.785. The van der Waals surface area contributed by atoms with E-state index in [2.05, 4.69) is 20.8 Å². The van der Waals surface area contributed by atoms with Gasteiger partial charge in [-0.1, -0.05) is 6.92 Å². The third-order valence-corrected chi connectivity index (χ3v) is 6.36. The Hall–Kier alpha value is -0.260. The summed E-state index contributed by atoms with van der Waals surface area (Å²) < 4.78 is 0. The van der Waals surface area contributed by atoms with Gasteiger partial charge in [-0.2, -0.15) is 11.8 Å². The molecule has 1 saturated heterocycles. The van der Waals surface area contributed by atoms with Gasteiger partial charge in [0.25, 0.3) is 0 Å². The van der Waals surface area contributed by atoms with Crippen LogP contribution in [0.5, 0.6) is 0 Å². The highest BCUT2D eigenvalue weighted by Crippen LogP contribution is 2.41. The van der Waals surface area contributed by atoms with Gasteiger partial charge in [-0.05, 0) is 32.4 Å². The van der Waals surface area contributed by atoms with Crippen LogP contribution in [-0.4, -0.2) is 33.3 Å². The summed E-state index contributed by atoms with van der Waals surface area (Å²) in [6.07, 6.45) is 0.875. The molecule has 2 N–H and O–H groups in total. The molecular weight excluding hydrogens is 262 g/mol. The van der Waals surface area contributed by atoms with Crippen LogP contribution < -0.4 is 5.73 Å². The molecule has 0 amide bonds. The third kappa shape index (κ3) is 3.00. The van der Waals surface area contributed by atoms with E-state index in [1.54, 1.807) is 0 Å². The van der Waals surface area contributed by atoms with Crippen molar-refractivity contribution in [1.82, 2.24) is 9.97 Å². The van der Waals surface area contributed by atoms with E-state index < -0.39 is 0 Å². The largest absolute Gasteiger partial charge is 0.330 e. The summed E-state index contributed by atoms with van der Waals surface area (Å²) in [5, 5.41) is 1.04.